The number of hydrogen-bond acceptors (Lipinski definition) is 4. The number of amides is 1. The number of carbonyl (C=O) groups is 1. The van der Waals surface area contributed by atoms with Crippen LogP contribution in [-0.2, 0) is 22.3 Å². The van der Waals surface area contributed by atoms with Crippen molar-refractivity contribution in [1.29, 1.82) is 0 Å². The minimum absolute atomic E-state index is 0.0734. The van der Waals surface area contributed by atoms with Gasteiger partial charge in [-0.25, -0.2) is 0 Å². The summed E-state index contributed by atoms with van der Waals surface area (Å²) in [6.07, 6.45) is 7.93. The van der Waals surface area contributed by atoms with E-state index in [2.05, 4.69) is 10.2 Å². The average molecular weight is 345 g/mol. The number of ether oxygens (including phenoxy) is 2. The fourth-order valence-electron chi connectivity index (χ4n) is 4.69. The van der Waals surface area contributed by atoms with Crippen molar-refractivity contribution in [3.8, 4) is 0 Å². The van der Waals surface area contributed by atoms with Gasteiger partial charge in [-0.2, -0.15) is 5.10 Å². The third-order valence-electron chi connectivity index (χ3n) is 6.47. The molecule has 3 fully saturated rings. The van der Waals surface area contributed by atoms with Gasteiger partial charge in [0.25, 0.3) is 5.91 Å². The molecule has 1 aromatic heterocycles. The molecule has 1 saturated carbocycles. The molecule has 5 rings (SSSR count). The van der Waals surface area contributed by atoms with Gasteiger partial charge in [-0.3, -0.25) is 9.89 Å². The standard InChI is InChI=1S/C19H27N3O3/c23-18(17-15-2-1-3-16(15)20-21-17)22-11-19(12-22)14(7-9-25-19)6-8-24-10-13-4-5-13/h13-14H,1-12H2,(H,20,21)/t14-/m0/s1. The highest BCUT2D eigenvalue weighted by atomic mass is 16.5. The number of aromatic nitrogens is 2. The Labute approximate surface area is 148 Å². The predicted octanol–water partition coefficient (Wildman–Crippen LogP) is 1.95. The van der Waals surface area contributed by atoms with Crippen LogP contribution < -0.4 is 0 Å². The molecule has 6 heteroatoms. The van der Waals surface area contributed by atoms with E-state index >= 15 is 0 Å². The molecule has 1 atom stereocenters. The molecule has 1 amide bonds. The number of rotatable bonds is 6. The lowest BCUT2D eigenvalue weighted by Crippen LogP contribution is -2.66. The number of hydrogen-bond donors (Lipinski definition) is 1. The summed E-state index contributed by atoms with van der Waals surface area (Å²) >= 11 is 0. The fourth-order valence-corrected chi connectivity index (χ4v) is 4.69. The molecule has 1 N–H and O–H groups in total. The van der Waals surface area contributed by atoms with Crippen molar-refractivity contribution in [3.05, 3.63) is 17.0 Å². The summed E-state index contributed by atoms with van der Waals surface area (Å²) in [5, 5.41) is 7.32. The number of H-pyrrole nitrogens is 1. The van der Waals surface area contributed by atoms with Crippen LogP contribution >= 0.6 is 0 Å². The molecule has 0 bridgehead atoms. The molecular weight excluding hydrogens is 318 g/mol. The van der Waals surface area contributed by atoms with Gasteiger partial charge in [0.05, 0.1) is 13.1 Å². The summed E-state index contributed by atoms with van der Waals surface area (Å²) in [7, 11) is 0. The minimum atomic E-state index is -0.127. The van der Waals surface area contributed by atoms with Crippen molar-refractivity contribution in [2.75, 3.05) is 32.9 Å². The zero-order chi connectivity index (χ0) is 16.9. The van der Waals surface area contributed by atoms with E-state index in [9.17, 15) is 4.79 Å². The van der Waals surface area contributed by atoms with Gasteiger partial charge in [0.2, 0.25) is 0 Å². The van der Waals surface area contributed by atoms with Gasteiger partial charge in [-0.05, 0) is 56.8 Å². The first-order chi connectivity index (χ1) is 12.3. The lowest BCUT2D eigenvalue weighted by molar-refractivity contribution is -0.120. The molecule has 3 heterocycles. The monoisotopic (exact) mass is 345 g/mol. The maximum atomic E-state index is 12.8. The van der Waals surface area contributed by atoms with Gasteiger partial charge in [-0.15, -0.1) is 0 Å². The van der Waals surface area contributed by atoms with Crippen LogP contribution in [0.25, 0.3) is 0 Å². The number of likely N-dealkylation sites (tertiary alicyclic amines) is 1. The highest BCUT2D eigenvalue weighted by molar-refractivity contribution is 5.95. The van der Waals surface area contributed by atoms with Crippen LogP contribution in [-0.4, -0.2) is 59.5 Å². The van der Waals surface area contributed by atoms with E-state index in [0.29, 0.717) is 24.7 Å². The molecule has 0 radical (unpaired) electrons. The second kappa shape index (κ2) is 6.09. The lowest BCUT2D eigenvalue weighted by atomic mass is 9.79. The molecule has 1 aromatic rings. The SMILES string of the molecule is O=C(c1n[nH]c2c1CCC2)N1CC2(C1)OCC[C@@H]2CCOCC1CC1. The number of aromatic amines is 1. The number of nitrogens with one attached hydrogen (secondary N) is 1. The smallest absolute Gasteiger partial charge is 0.274 e. The maximum Gasteiger partial charge on any atom is 0.274 e. The first-order valence-electron chi connectivity index (χ1n) is 9.82. The Morgan fingerprint density at radius 3 is 3.04 bits per heavy atom. The van der Waals surface area contributed by atoms with Crippen molar-refractivity contribution in [2.24, 2.45) is 11.8 Å². The van der Waals surface area contributed by atoms with Gasteiger partial charge in [0.15, 0.2) is 5.69 Å². The molecule has 136 valence electrons. The second-order valence-corrected chi connectivity index (χ2v) is 8.25. The van der Waals surface area contributed by atoms with E-state index in [0.717, 1.165) is 69.1 Å². The van der Waals surface area contributed by atoms with E-state index in [1.165, 1.54) is 12.8 Å². The van der Waals surface area contributed by atoms with E-state index < -0.39 is 0 Å². The largest absolute Gasteiger partial charge is 0.381 e. The quantitative estimate of drug-likeness (QED) is 0.800. The van der Waals surface area contributed by atoms with Crippen molar-refractivity contribution < 1.29 is 14.3 Å². The Hall–Kier alpha value is -1.40. The Morgan fingerprint density at radius 2 is 2.20 bits per heavy atom. The molecular formula is C19H27N3O3. The molecule has 0 unspecified atom stereocenters. The topological polar surface area (TPSA) is 67.5 Å². The van der Waals surface area contributed by atoms with Crippen molar-refractivity contribution in [2.45, 2.75) is 50.5 Å². The number of aryl methyl sites for hydroxylation is 1. The molecule has 2 saturated heterocycles. The van der Waals surface area contributed by atoms with Crippen molar-refractivity contribution >= 4 is 5.91 Å². The normalized spacial score (nSPS) is 26.9. The Balaban J connectivity index is 1.17. The molecule has 2 aliphatic heterocycles. The summed E-state index contributed by atoms with van der Waals surface area (Å²) < 4.78 is 11.9. The molecule has 6 nitrogen and oxygen atoms in total. The second-order valence-electron chi connectivity index (χ2n) is 8.25. The molecule has 4 aliphatic rings. The Bertz CT molecular complexity index is 661. The average Bonchev–Trinajstić information content (AvgIpc) is 2.98. The van der Waals surface area contributed by atoms with Crippen LogP contribution in [0.4, 0.5) is 0 Å². The summed E-state index contributed by atoms with van der Waals surface area (Å²) in [5.41, 5.74) is 2.81. The molecule has 2 aliphatic carbocycles. The summed E-state index contributed by atoms with van der Waals surface area (Å²) in [5.74, 6) is 1.41. The zero-order valence-electron chi connectivity index (χ0n) is 14.8. The van der Waals surface area contributed by atoms with Crippen LogP contribution in [0.2, 0.25) is 0 Å². The Kier molecular flexibility index (Phi) is 3.86. The van der Waals surface area contributed by atoms with Crippen molar-refractivity contribution in [3.63, 3.8) is 0 Å². The fraction of sp³-hybridized carbons (Fsp3) is 0.789. The van der Waals surface area contributed by atoms with Gasteiger partial charge in [-0.1, -0.05) is 0 Å². The first-order valence-corrected chi connectivity index (χ1v) is 9.82. The number of nitrogens with zero attached hydrogens (tertiary/aromatic N) is 2. The summed E-state index contributed by atoms with van der Waals surface area (Å²) in [6, 6.07) is 0. The number of carbonyl (C=O) groups excluding carboxylic acids is 1. The van der Waals surface area contributed by atoms with Gasteiger partial charge >= 0.3 is 0 Å². The van der Waals surface area contributed by atoms with E-state index in [-0.39, 0.29) is 11.5 Å². The van der Waals surface area contributed by atoms with Crippen LogP contribution in [0.15, 0.2) is 0 Å². The maximum absolute atomic E-state index is 12.8. The van der Waals surface area contributed by atoms with E-state index in [1.54, 1.807) is 0 Å². The highest BCUT2D eigenvalue weighted by Crippen LogP contribution is 2.42. The number of fused-ring (bicyclic) bond motifs is 1. The van der Waals surface area contributed by atoms with Crippen LogP contribution in [0.1, 0.15) is 53.8 Å². The predicted molar refractivity (Wildman–Crippen MR) is 91.5 cm³/mol. The third kappa shape index (κ3) is 2.79. The van der Waals surface area contributed by atoms with Gasteiger partial charge in [0, 0.05) is 31.1 Å². The van der Waals surface area contributed by atoms with E-state index in [4.69, 9.17) is 9.47 Å². The molecule has 0 aromatic carbocycles. The van der Waals surface area contributed by atoms with Gasteiger partial charge < -0.3 is 14.4 Å². The van der Waals surface area contributed by atoms with Crippen molar-refractivity contribution in [1.82, 2.24) is 15.1 Å². The van der Waals surface area contributed by atoms with Gasteiger partial charge in [0.1, 0.15) is 5.60 Å². The Morgan fingerprint density at radius 1 is 1.32 bits per heavy atom. The summed E-state index contributed by atoms with van der Waals surface area (Å²) in [4.78, 5) is 14.7. The zero-order valence-corrected chi connectivity index (χ0v) is 14.8. The summed E-state index contributed by atoms with van der Waals surface area (Å²) in [6.45, 7) is 3.98. The van der Waals surface area contributed by atoms with Crippen LogP contribution in [0, 0.1) is 11.8 Å². The highest BCUT2D eigenvalue weighted by Gasteiger charge is 2.54. The first kappa shape index (κ1) is 15.8. The third-order valence-corrected chi connectivity index (χ3v) is 6.47. The van der Waals surface area contributed by atoms with E-state index in [1.807, 2.05) is 4.90 Å². The lowest BCUT2D eigenvalue weighted by Gasteiger charge is -2.50. The van der Waals surface area contributed by atoms with Crippen LogP contribution in [0.3, 0.4) is 0 Å². The molecule has 25 heavy (non-hydrogen) atoms. The minimum Gasteiger partial charge on any atom is -0.381 e. The van der Waals surface area contributed by atoms with Crippen LogP contribution in [0.5, 0.6) is 0 Å². The molecule has 1 spiro atoms.